The number of fused-ring (bicyclic) bond motifs is 1. The van der Waals surface area contributed by atoms with E-state index in [1.165, 1.54) is 18.9 Å². The summed E-state index contributed by atoms with van der Waals surface area (Å²) in [6.07, 6.45) is 4.62. The van der Waals surface area contributed by atoms with Crippen molar-refractivity contribution in [2.45, 2.75) is 37.8 Å². The van der Waals surface area contributed by atoms with Crippen LogP contribution >= 0.6 is 23.2 Å². The number of carbonyl (C=O) groups excluding carboxylic acids is 1. The van der Waals surface area contributed by atoms with Crippen LogP contribution in [0.5, 0.6) is 0 Å². The van der Waals surface area contributed by atoms with Crippen LogP contribution in [0.15, 0.2) is 6.07 Å². The SMILES string of the molecule is O=C(NC1CCN2CCCCC12)c1cc(Cl)nnc1Cl. The smallest absolute Gasteiger partial charge is 0.254 e. The molecule has 1 N–H and O–H groups in total. The molecule has 1 aromatic rings. The number of halogens is 2. The standard InChI is InChI=1S/C13H16Cl2N4O/c14-11-7-8(12(15)18-17-11)13(20)16-9-4-6-19-5-2-1-3-10(9)19/h7,9-10H,1-6H2,(H,16,20). The molecule has 1 amide bonds. The van der Waals surface area contributed by atoms with Gasteiger partial charge in [0, 0.05) is 18.6 Å². The molecule has 0 spiro atoms. The molecule has 3 heterocycles. The molecule has 0 bridgehead atoms. The summed E-state index contributed by atoms with van der Waals surface area (Å²) in [5.74, 6) is -0.218. The Labute approximate surface area is 127 Å². The fourth-order valence-corrected chi connectivity index (χ4v) is 3.50. The van der Waals surface area contributed by atoms with Gasteiger partial charge in [0.1, 0.15) is 0 Å². The summed E-state index contributed by atoms with van der Waals surface area (Å²) in [6.45, 7) is 2.19. The fraction of sp³-hybridized carbons (Fsp3) is 0.615. The Morgan fingerprint density at radius 1 is 1.25 bits per heavy atom. The quantitative estimate of drug-likeness (QED) is 0.908. The maximum atomic E-state index is 12.3. The largest absolute Gasteiger partial charge is 0.348 e. The summed E-state index contributed by atoms with van der Waals surface area (Å²) in [7, 11) is 0. The highest BCUT2D eigenvalue weighted by atomic mass is 35.5. The Bertz CT molecular complexity index is 525. The average molecular weight is 315 g/mol. The van der Waals surface area contributed by atoms with Crippen molar-refractivity contribution < 1.29 is 4.79 Å². The van der Waals surface area contributed by atoms with E-state index in [0.717, 1.165) is 25.9 Å². The molecule has 108 valence electrons. The maximum absolute atomic E-state index is 12.3. The minimum atomic E-state index is -0.218. The molecule has 0 radical (unpaired) electrons. The molecule has 2 aliphatic rings. The van der Waals surface area contributed by atoms with Crippen LogP contribution in [0.1, 0.15) is 36.0 Å². The number of nitrogens with zero attached hydrogens (tertiary/aromatic N) is 3. The van der Waals surface area contributed by atoms with Gasteiger partial charge in [0.05, 0.1) is 5.56 Å². The molecule has 2 saturated heterocycles. The minimum absolute atomic E-state index is 0.0883. The molecule has 1 aromatic heterocycles. The van der Waals surface area contributed by atoms with Crippen LogP contribution in [-0.4, -0.2) is 46.2 Å². The highest BCUT2D eigenvalue weighted by Crippen LogP contribution is 2.27. The molecule has 2 unspecified atom stereocenters. The zero-order valence-corrected chi connectivity index (χ0v) is 12.5. The molecule has 2 atom stereocenters. The van der Waals surface area contributed by atoms with Gasteiger partial charge in [-0.2, -0.15) is 0 Å². The van der Waals surface area contributed by atoms with E-state index >= 15 is 0 Å². The van der Waals surface area contributed by atoms with Crippen LogP contribution < -0.4 is 5.32 Å². The first-order valence-corrected chi connectivity index (χ1v) is 7.64. The van der Waals surface area contributed by atoms with Crippen molar-refractivity contribution >= 4 is 29.1 Å². The Hall–Kier alpha value is -0.910. The summed E-state index contributed by atoms with van der Waals surface area (Å²) in [5.41, 5.74) is 0.293. The monoisotopic (exact) mass is 314 g/mol. The highest BCUT2D eigenvalue weighted by Gasteiger charge is 2.36. The molecule has 0 aliphatic carbocycles. The molecule has 3 rings (SSSR count). The lowest BCUT2D eigenvalue weighted by atomic mass is 9.99. The van der Waals surface area contributed by atoms with Gasteiger partial charge in [0.15, 0.2) is 10.3 Å². The molecule has 2 fully saturated rings. The van der Waals surface area contributed by atoms with E-state index < -0.39 is 0 Å². The summed E-state index contributed by atoms with van der Waals surface area (Å²) in [4.78, 5) is 14.8. The number of amides is 1. The fourth-order valence-electron chi connectivity index (χ4n) is 3.17. The number of aromatic nitrogens is 2. The Kier molecular flexibility index (Phi) is 4.10. The van der Waals surface area contributed by atoms with E-state index in [0.29, 0.717) is 11.6 Å². The second-order valence-corrected chi connectivity index (χ2v) is 6.08. The number of rotatable bonds is 2. The van der Waals surface area contributed by atoms with Gasteiger partial charge in [-0.25, -0.2) is 0 Å². The predicted molar refractivity (Wildman–Crippen MR) is 77.1 cm³/mol. The summed E-state index contributed by atoms with van der Waals surface area (Å²) >= 11 is 11.7. The van der Waals surface area contributed by atoms with Crippen LogP contribution in [0, 0.1) is 0 Å². The van der Waals surface area contributed by atoms with Gasteiger partial charge in [0.25, 0.3) is 5.91 Å². The lowest BCUT2D eigenvalue weighted by molar-refractivity contribution is 0.0915. The first-order chi connectivity index (χ1) is 9.65. The maximum Gasteiger partial charge on any atom is 0.254 e. The molecular weight excluding hydrogens is 299 g/mol. The topological polar surface area (TPSA) is 58.1 Å². The van der Waals surface area contributed by atoms with Gasteiger partial charge >= 0.3 is 0 Å². The molecule has 20 heavy (non-hydrogen) atoms. The number of hydrogen-bond acceptors (Lipinski definition) is 4. The van der Waals surface area contributed by atoms with Crippen molar-refractivity contribution in [2.75, 3.05) is 13.1 Å². The van der Waals surface area contributed by atoms with E-state index in [1.807, 2.05) is 0 Å². The van der Waals surface area contributed by atoms with Crippen molar-refractivity contribution in [1.82, 2.24) is 20.4 Å². The second-order valence-electron chi connectivity index (χ2n) is 5.34. The van der Waals surface area contributed by atoms with Crippen molar-refractivity contribution in [3.8, 4) is 0 Å². The van der Waals surface area contributed by atoms with E-state index in [4.69, 9.17) is 23.2 Å². The Morgan fingerprint density at radius 2 is 2.10 bits per heavy atom. The molecular formula is C13H16Cl2N4O. The normalized spacial score (nSPS) is 26.3. The van der Waals surface area contributed by atoms with Crippen LogP contribution in [0.4, 0.5) is 0 Å². The average Bonchev–Trinajstić information content (AvgIpc) is 2.85. The highest BCUT2D eigenvalue weighted by molar-refractivity contribution is 6.34. The zero-order chi connectivity index (χ0) is 14.1. The third-order valence-corrected chi connectivity index (χ3v) is 4.60. The third-order valence-electron chi connectivity index (χ3n) is 4.14. The second kappa shape index (κ2) is 5.84. The van der Waals surface area contributed by atoms with Crippen molar-refractivity contribution in [2.24, 2.45) is 0 Å². The summed E-state index contributed by atoms with van der Waals surface area (Å²) < 4.78 is 0. The molecule has 2 aliphatic heterocycles. The molecule has 0 saturated carbocycles. The van der Waals surface area contributed by atoms with E-state index in [2.05, 4.69) is 20.4 Å². The Morgan fingerprint density at radius 3 is 2.95 bits per heavy atom. The van der Waals surface area contributed by atoms with Crippen LogP contribution in [0.3, 0.4) is 0 Å². The Balaban J connectivity index is 1.71. The molecule has 5 nitrogen and oxygen atoms in total. The van der Waals surface area contributed by atoms with Gasteiger partial charge in [-0.05, 0) is 31.9 Å². The van der Waals surface area contributed by atoms with Crippen LogP contribution in [-0.2, 0) is 0 Å². The van der Waals surface area contributed by atoms with Gasteiger partial charge in [-0.15, -0.1) is 10.2 Å². The van der Waals surface area contributed by atoms with Gasteiger partial charge in [-0.1, -0.05) is 29.6 Å². The van der Waals surface area contributed by atoms with E-state index in [-0.39, 0.29) is 22.3 Å². The first-order valence-electron chi connectivity index (χ1n) is 6.89. The summed E-state index contributed by atoms with van der Waals surface area (Å²) in [5, 5.41) is 10.6. The predicted octanol–water partition coefficient (Wildman–Crippen LogP) is 2.14. The lowest BCUT2D eigenvalue weighted by Crippen LogP contribution is -2.46. The molecule has 0 aromatic carbocycles. The van der Waals surface area contributed by atoms with E-state index in [1.54, 1.807) is 0 Å². The van der Waals surface area contributed by atoms with Crippen LogP contribution in [0.25, 0.3) is 0 Å². The number of carbonyl (C=O) groups is 1. The lowest BCUT2D eigenvalue weighted by Gasteiger charge is -2.32. The van der Waals surface area contributed by atoms with Crippen molar-refractivity contribution in [1.29, 1.82) is 0 Å². The molecule has 7 heteroatoms. The van der Waals surface area contributed by atoms with Crippen molar-refractivity contribution in [3.05, 3.63) is 21.9 Å². The third kappa shape index (κ3) is 2.75. The number of piperidine rings is 1. The zero-order valence-electron chi connectivity index (χ0n) is 11.0. The number of hydrogen-bond donors (Lipinski definition) is 1. The van der Waals surface area contributed by atoms with Gasteiger partial charge in [0.2, 0.25) is 0 Å². The summed E-state index contributed by atoms with van der Waals surface area (Å²) in [6, 6.07) is 2.10. The van der Waals surface area contributed by atoms with Gasteiger partial charge in [-0.3, -0.25) is 9.69 Å². The van der Waals surface area contributed by atoms with Crippen LogP contribution in [0.2, 0.25) is 10.3 Å². The number of nitrogens with one attached hydrogen (secondary N) is 1. The van der Waals surface area contributed by atoms with Gasteiger partial charge < -0.3 is 5.32 Å². The van der Waals surface area contributed by atoms with Crippen molar-refractivity contribution in [3.63, 3.8) is 0 Å². The first kappa shape index (κ1) is 14.0. The van der Waals surface area contributed by atoms with E-state index in [9.17, 15) is 4.79 Å². The minimum Gasteiger partial charge on any atom is -0.348 e.